The van der Waals surface area contributed by atoms with Crippen molar-refractivity contribution in [3.63, 3.8) is 0 Å². The first-order valence-electron chi connectivity index (χ1n) is 2.64. The molecule has 43 valence electrons. The van der Waals surface area contributed by atoms with E-state index in [1.165, 1.54) is 0 Å². The third-order valence-corrected chi connectivity index (χ3v) is 0.596. The van der Waals surface area contributed by atoms with Crippen LogP contribution in [0.25, 0.3) is 0 Å². The SMILES string of the molecule is CC(C)[CH]N(C)C. The van der Waals surface area contributed by atoms with E-state index in [2.05, 4.69) is 25.3 Å². The van der Waals surface area contributed by atoms with Crippen LogP contribution in [0, 0.1) is 12.5 Å². The van der Waals surface area contributed by atoms with Gasteiger partial charge in [-0.05, 0) is 20.0 Å². The monoisotopic (exact) mass is 100 g/mol. The Morgan fingerprint density at radius 2 is 1.71 bits per heavy atom. The molecule has 0 fully saturated rings. The number of nitrogens with zero attached hydrogens (tertiary/aromatic N) is 1. The van der Waals surface area contributed by atoms with Gasteiger partial charge in [-0.25, -0.2) is 0 Å². The largest absolute Gasteiger partial charge is 0.305 e. The Kier molecular flexibility index (Phi) is 3.01. The van der Waals surface area contributed by atoms with Gasteiger partial charge in [-0.15, -0.1) is 0 Å². The van der Waals surface area contributed by atoms with Crippen molar-refractivity contribution in [2.45, 2.75) is 13.8 Å². The van der Waals surface area contributed by atoms with E-state index in [4.69, 9.17) is 0 Å². The fourth-order valence-electron chi connectivity index (χ4n) is 0.596. The van der Waals surface area contributed by atoms with Crippen LogP contribution in [0.3, 0.4) is 0 Å². The summed E-state index contributed by atoms with van der Waals surface area (Å²) in [6.45, 7) is 6.50. The molecule has 0 spiro atoms. The van der Waals surface area contributed by atoms with Crippen molar-refractivity contribution in [1.29, 1.82) is 0 Å². The second kappa shape index (κ2) is 3.03. The molecule has 1 nitrogen and oxygen atoms in total. The van der Waals surface area contributed by atoms with Gasteiger partial charge in [0.05, 0.1) is 0 Å². The molecule has 0 aliphatic rings. The average molecular weight is 100 g/mol. The molecule has 7 heavy (non-hydrogen) atoms. The highest BCUT2D eigenvalue weighted by atomic mass is 15.0. The summed E-state index contributed by atoms with van der Waals surface area (Å²) in [6, 6.07) is 0. The van der Waals surface area contributed by atoms with Gasteiger partial charge in [-0.1, -0.05) is 13.8 Å². The Hall–Kier alpha value is -0.0400. The molecule has 0 bridgehead atoms. The van der Waals surface area contributed by atoms with Gasteiger partial charge in [0.2, 0.25) is 0 Å². The summed E-state index contributed by atoms with van der Waals surface area (Å²) in [4.78, 5) is 2.07. The zero-order chi connectivity index (χ0) is 5.86. The Bertz CT molecular complexity index is 33.4. The summed E-state index contributed by atoms with van der Waals surface area (Å²) in [6.07, 6.45) is 0. The van der Waals surface area contributed by atoms with Crippen LogP contribution in [0.5, 0.6) is 0 Å². The summed E-state index contributed by atoms with van der Waals surface area (Å²) in [7, 11) is 4.08. The van der Waals surface area contributed by atoms with Crippen LogP contribution >= 0.6 is 0 Å². The van der Waals surface area contributed by atoms with E-state index < -0.39 is 0 Å². The number of rotatable bonds is 2. The highest BCUT2D eigenvalue weighted by Crippen LogP contribution is 1.97. The Morgan fingerprint density at radius 1 is 1.29 bits per heavy atom. The van der Waals surface area contributed by atoms with E-state index in [0.29, 0.717) is 5.92 Å². The van der Waals surface area contributed by atoms with Crippen LogP contribution in [-0.2, 0) is 0 Å². The lowest BCUT2D eigenvalue weighted by atomic mass is 10.2. The maximum absolute atomic E-state index is 2.17. The van der Waals surface area contributed by atoms with Crippen LogP contribution in [0.2, 0.25) is 0 Å². The lowest BCUT2D eigenvalue weighted by Gasteiger charge is -2.10. The van der Waals surface area contributed by atoms with Gasteiger partial charge in [-0.3, -0.25) is 0 Å². The number of hydrogen-bond donors (Lipinski definition) is 0. The molecule has 1 heteroatoms. The van der Waals surface area contributed by atoms with Gasteiger partial charge in [-0.2, -0.15) is 0 Å². The quantitative estimate of drug-likeness (QED) is 0.506. The van der Waals surface area contributed by atoms with Crippen LogP contribution in [0.4, 0.5) is 0 Å². The fourth-order valence-corrected chi connectivity index (χ4v) is 0.596. The lowest BCUT2D eigenvalue weighted by Crippen LogP contribution is -2.10. The Morgan fingerprint density at radius 3 is 1.71 bits per heavy atom. The van der Waals surface area contributed by atoms with Crippen molar-refractivity contribution in [2.75, 3.05) is 14.1 Å². The molecule has 0 rings (SSSR count). The summed E-state index contributed by atoms with van der Waals surface area (Å²) in [5.74, 6) is 0.676. The van der Waals surface area contributed by atoms with E-state index in [-0.39, 0.29) is 0 Å². The molecule has 1 radical (unpaired) electrons. The van der Waals surface area contributed by atoms with Crippen molar-refractivity contribution in [3.8, 4) is 0 Å². The van der Waals surface area contributed by atoms with Crippen molar-refractivity contribution >= 4 is 0 Å². The van der Waals surface area contributed by atoms with Crippen molar-refractivity contribution in [3.05, 3.63) is 6.54 Å². The van der Waals surface area contributed by atoms with Gasteiger partial charge >= 0.3 is 0 Å². The minimum atomic E-state index is 0.676. The van der Waals surface area contributed by atoms with Gasteiger partial charge < -0.3 is 4.90 Å². The van der Waals surface area contributed by atoms with Crippen molar-refractivity contribution in [2.24, 2.45) is 5.92 Å². The summed E-state index contributed by atoms with van der Waals surface area (Å²) in [5.41, 5.74) is 0. The predicted molar refractivity (Wildman–Crippen MR) is 32.8 cm³/mol. The Labute approximate surface area is 46.3 Å². The predicted octanol–water partition coefficient (Wildman–Crippen LogP) is 1.37. The van der Waals surface area contributed by atoms with Crippen molar-refractivity contribution in [1.82, 2.24) is 4.90 Å². The first-order valence-corrected chi connectivity index (χ1v) is 2.64. The average Bonchev–Trinajstić information content (AvgIpc) is 1.27. The van der Waals surface area contributed by atoms with E-state index in [1.54, 1.807) is 0 Å². The number of hydrogen-bond acceptors (Lipinski definition) is 1. The zero-order valence-corrected chi connectivity index (χ0v) is 5.60. The molecule has 0 aliphatic heterocycles. The first kappa shape index (κ1) is 6.96. The molecule has 0 N–H and O–H groups in total. The molecular formula is C6H14N. The molecule has 0 aliphatic carbocycles. The molecule has 0 unspecified atom stereocenters. The second-order valence-corrected chi connectivity index (χ2v) is 2.36. The van der Waals surface area contributed by atoms with E-state index >= 15 is 0 Å². The third-order valence-electron chi connectivity index (χ3n) is 0.596. The first-order chi connectivity index (χ1) is 3.13. The molecule has 0 aromatic rings. The standard InChI is InChI=1S/C6H14N/c1-6(2)5-7(3)4/h5-6H,1-4H3. The molecule has 0 aromatic carbocycles. The highest BCUT2D eigenvalue weighted by molar-refractivity contribution is 4.63. The topological polar surface area (TPSA) is 3.24 Å². The minimum absolute atomic E-state index is 0.676. The van der Waals surface area contributed by atoms with Gasteiger partial charge in [0.1, 0.15) is 0 Å². The van der Waals surface area contributed by atoms with E-state index in [9.17, 15) is 0 Å². The highest BCUT2D eigenvalue weighted by Gasteiger charge is 1.93. The van der Waals surface area contributed by atoms with E-state index in [1.807, 2.05) is 14.1 Å². The van der Waals surface area contributed by atoms with Gasteiger partial charge in [0, 0.05) is 6.54 Å². The summed E-state index contributed by atoms with van der Waals surface area (Å²) < 4.78 is 0. The summed E-state index contributed by atoms with van der Waals surface area (Å²) in [5, 5.41) is 0. The molecule has 0 saturated heterocycles. The van der Waals surface area contributed by atoms with Gasteiger partial charge in [0.25, 0.3) is 0 Å². The minimum Gasteiger partial charge on any atom is -0.305 e. The molecule has 0 heterocycles. The zero-order valence-electron chi connectivity index (χ0n) is 5.60. The molecular weight excluding hydrogens is 86.1 g/mol. The Balaban J connectivity index is 2.95. The summed E-state index contributed by atoms with van der Waals surface area (Å²) >= 11 is 0. The van der Waals surface area contributed by atoms with Crippen LogP contribution < -0.4 is 0 Å². The maximum Gasteiger partial charge on any atom is 0.0270 e. The second-order valence-electron chi connectivity index (χ2n) is 2.36. The molecule has 0 aromatic heterocycles. The van der Waals surface area contributed by atoms with Crippen LogP contribution in [0.15, 0.2) is 0 Å². The van der Waals surface area contributed by atoms with Crippen LogP contribution in [0.1, 0.15) is 13.8 Å². The van der Waals surface area contributed by atoms with Gasteiger partial charge in [0.15, 0.2) is 0 Å². The van der Waals surface area contributed by atoms with Crippen LogP contribution in [-0.4, -0.2) is 19.0 Å². The molecule has 0 saturated carbocycles. The smallest absolute Gasteiger partial charge is 0.0270 e. The third kappa shape index (κ3) is 5.96. The van der Waals surface area contributed by atoms with E-state index in [0.717, 1.165) is 0 Å². The maximum atomic E-state index is 2.17. The molecule has 0 atom stereocenters. The normalized spacial score (nSPS) is 11.1. The lowest BCUT2D eigenvalue weighted by molar-refractivity contribution is 0.435. The fraction of sp³-hybridized carbons (Fsp3) is 0.833. The molecule has 0 amide bonds. The van der Waals surface area contributed by atoms with Crippen molar-refractivity contribution < 1.29 is 0 Å².